The number of carboxylic acids is 1. The van der Waals surface area contributed by atoms with Gasteiger partial charge in [0, 0.05) is 12.0 Å². The number of rotatable bonds is 4. The SMILES string of the molecule is O=C(O)c1cc(C2=CC3CCC(C2)N3C(=O)OCC2c3ccccc3-c3ccccc32)ccc1F. The summed E-state index contributed by atoms with van der Waals surface area (Å²) < 4.78 is 19.7. The van der Waals surface area contributed by atoms with E-state index < -0.39 is 11.8 Å². The molecule has 0 spiro atoms. The van der Waals surface area contributed by atoms with Crippen molar-refractivity contribution in [3.8, 4) is 11.1 Å². The summed E-state index contributed by atoms with van der Waals surface area (Å²) in [5.41, 5.74) is 6.03. The van der Waals surface area contributed by atoms with Gasteiger partial charge in [-0.05, 0) is 64.8 Å². The zero-order chi connectivity index (χ0) is 24.1. The van der Waals surface area contributed by atoms with E-state index in [1.165, 1.54) is 34.4 Å². The van der Waals surface area contributed by atoms with Crippen LogP contribution >= 0.6 is 0 Å². The van der Waals surface area contributed by atoms with E-state index in [-0.39, 0.29) is 36.3 Å². The van der Waals surface area contributed by atoms with Crippen LogP contribution in [0.25, 0.3) is 16.7 Å². The van der Waals surface area contributed by atoms with Crippen molar-refractivity contribution in [1.82, 2.24) is 4.90 Å². The molecule has 2 bridgehead atoms. The zero-order valence-electron chi connectivity index (χ0n) is 19.0. The summed E-state index contributed by atoms with van der Waals surface area (Å²) in [5.74, 6) is -2.03. The van der Waals surface area contributed by atoms with Gasteiger partial charge in [0.05, 0.1) is 11.6 Å². The molecule has 2 unspecified atom stereocenters. The minimum atomic E-state index is -1.29. The third-order valence-corrected chi connectivity index (χ3v) is 7.51. The second-order valence-electron chi connectivity index (χ2n) is 9.41. The average Bonchev–Trinajstić information content (AvgIpc) is 3.33. The number of hydrogen-bond acceptors (Lipinski definition) is 3. The molecule has 6 heteroatoms. The molecule has 1 fully saturated rings. The molecule has 3 aromatic rings. The maximum absolute atomic E-state index is 13.8. The van der Waals surface area contributed by atoms with E-state index in [2.05, 4.69) is 24.3 Å². The smallest absolute Gasteiger partial charge is 0.410 e. The van der Waals surface area contributed by atoms with E-state index in [0.717, 1.165) is 18.4 Å². The zero-order valence-corrected chi connectivity index (χ0v) is 19.0. The molecule has 0 aromatic heterocycles. The lowest BCUT2D eigenvalue weighted by molar-refractivity contribution is 0.0691. The van der Waals surface area contributed by atoms with Crippen molar-refractivity contribution in [2.24, 2.45) is 0 Å². The van der Waals surface area contributed by atoms with Gasteiger partial charge in [-0.1, -0.05) is 60.7 Å². The standard InChI is InChI=1S/C29H24FNO4/c30-27-12-9-17(15-25(27)28(32)33)18-13-19-10-11-20(14-18)31(19)29(34)35-16-26-23-7-3-1-5-21(23)22-6-2-4-8-24(22)26/h1-9,12-13,15,19-20,26H,10-11,14,16H2,(H,32,33). The van der Waals surface area contributed by atoms with Crippen molar-refractivity contribution in [1.29, 1.82) is 0 Å². The molecule has 0 radical (unpaired) electrons. The molecule has 3 aromatic carbocycles. The Morgan fingerprint density at radius 2 is 1.66 bits per heavy atom. The summed E-state index contributed by atoms with van der Waals surface area (Å²) >= 11 is 0. The predicted octanol–water partition coefficient (Wildman–Crippen LogP) is 6.09. The van der Waals surface area contributed by atoms with Crippen LogP contribution in [0.3, 0.4) is 0 Å². The van der Waals surface area contributed by atoms with E-state index in [1.54, 1.807) is 6.07 Å². The third-order valence-electron chi connectivity index (χ3n) is 7.51. The van der Waals surface area contributed by atoms with Gasteiger partial charge in [-0.2, -0.15) is 0 Å². The Balaban J connectivity index is 1.20. The molecule has 2 aliphatic heterocycles. The van der Waals surface area contributed by atoms with Crippen LogP contribution in [0.5, 0.6) is 0 Å². The lowest BCUT2D eigenvalue weighted by Gasteiger charge is -2.33. The van der Waals surface area contributed by atoms with E-state index in [9.17, 15) is 19.1 Å². The van der Waals surface area contributed by atoms with Gasteiger partial charge in [-0.15, -0.1) is 0 Å². The fourth-order valence-electron chi connectivity index (χ4n) is 5.89. The normalized spacial score (nSPS) is 20.3. The fraction of sp³-hybridized carbons (Fsp3) is 0.241. The predicted molar refractivity (Wildman–Crippen MR) is 130 cm³/mol. The van der Waals surface area contributed by atoms with E-state index in [4.69, 9.17) is 4.74 Å². The quantitative estimate of drug-likeness (QED) is 0.502. The summed E-state index contributed by atoms with van der Waals surface area (Å²) in [5, 5.41) is 9.26. The highest BCUT2D eigenvalue weighted by Gasteiger charge is 2.41. The van der Waals surface area contributed by atoms with Gasteiger partial charge in [0.15, 0.2) is 0 Å². The molecule has 2 heterocycles. The van der Waals surface area contributed by atoms with Crippen molar-refractivity contribution < 1.29 is 23.8 Å². The van der Waals surface area contributed by atoms with Gasteiger partial charge in [0.2, 0.25) is 0 Å². The lowest BCUT2D eigenvalue weighted by atomic mass is 9.93. The molecule has 1 N–H and O–H groups in total. The van der Waals surface area contributed by atoms with Crippen molar-refractivity contribution in [2.45, 2.75) is 37.3 Å². The number of amides is 1. The van der Waals surface area contributed by atoms with Gasteiger partial charge < -0.3 is 9.84 Å². The number of carbonyl (C=O) groups excluding carboxylic acids is 1. The molecule has 1 aliphatic carbocycles. The second kappa shape index (κ2) is 8.38. The van der Waals surface area contributed by atoms with Crippen LogP contribution in [0.15, 0.2) is 72.8 Å². The first-order valence-corrected chi connectivity index (χ1v) is 11.9. The van der Waals surface area contributed by atoms with Crippen molar-refractivity contribution >= 4 is 17.6 Å². The summed E-state index contributed by atoms with van der Waals surface area (Å²) in [6, 6.07) is 20.6. The minimum absolute atomic E-state index is 0.00792. The van der Waals surface area contributed by atoms with Crippen LogP contribution in [0.1, 0.15) is 52.2 Å². The molecule has 2 atom stereocenters. The molecule has 0 saturated carbocycles. The first-order chi connectivity index (χ1) is 17.0. The number of hydrogen-bond donors (Lipinski definition) is 1. The third kappa shape index (κ3) is 3.60. The maximum Gasteiger partial charge on any atom is 0.410 e. The Morgan fingerprint density at radius 3 is 2.31 bits per heavy atom. The number of ether oxygens (including phenoxy) is 1. The highest BCUT2D eigenvalue weighted by atomic mass is 19.1. The number of aromatic carboxylic acids is 1. The van der Waals surface area contributed by atoms with Crippen molar-refractivity contribution in [3.05, 3.63) is 101 Å². The van der Waals surface area contributed by atoms with Crippen LogP contribution in [0, 0.1) is 5.82 Å². The lowest BCUT2D eigenvalue weighted by Crippen LogP contribution is -2.43. The Kier molecular flexibility index (Phi) is 5.17. The minimum Gasteiger partial charge on any atom is -0.478 e. The Morgan fingerprint density at radius 1 is 0.971 bits per heavy atom. The highest BCUT2D eigenvalue weighted by Crippen LogP contribution is 2.45. The second-order valence-corrected chi connectivity index (χ2v) is 9.41. The molecular formula is C29H24FNO4. The van der Waals surface area contributed by atoms with Gasteiger partial charge in [-0.3, -0.25) is 4.90 Å². The summed E-state index contributed by atoms with van der Waals surface area (Å²) in [7, 11) is 0. The van der Waals surface area contributed by atoms with Crippen LogP contribution in [-0.4, -0.2) is 40.8 Å². The van der Waals surface area contributed by atoms with Crippen LogP contribution in [0.4, 0.5) is 9.18 Å². The molecule has 1 amide bonds. The fourth-order valence-corrected chi connectivity index (χ4v) is 5.89. The first kappa shape index (κ1) is 21.6. The molecule has 3 aliphatic rings. The van der Waals surface area contributed by atoms with Gasteiger partial charge in [-0.25, -0.2) is 14.0 Å². The summed E-state index contributed by atoms with van der Waals surface area (Å²) in [6.07, 6.45) is 3.95. The monoisotopic (exact) mass is 469 g/mol. The van der Waals surface area contributed by atoms with Crippen LogP contribution < -0.4 is 0 Å². The largest absolute Gasteiger partial charge is 0.478 e. The molecular weight excluding hydrogens is 445 g/mol. The van der Waals surface area contributed by atoms with Crippen LogP contribution in [0.2, 0.25) is 0 Å². The summed E-state index contributed by atoms with van der Waals surface area (Å²) in [6.45, 7) is 0.277. The number of halogens is 1. The van der Waals surface area contributed by atoms with E-state index >= 15 is 0 Å². The number of fused-ring (bicyclic) bond motifs is 5. The molecule has 5 nitrogen and oxygen atoms in total. The Labute approximate surface area is 202 Å². The Bertz CT molecular complexity index is 1340. The van der Waals surface area contributed by atoms with E-state index in [0.29, 0.717) is 12.0 Å². The number of carboxylic acid groups (broad SMARTS) is 1. The molecule has 6 rings (SSSR count). The molecule has 35 heavy (non-hydrogen) atoms. The first-order valence-electron chi connectivity index (χ1n) is 11.9. The van der Waals surface area contributed by atoms with Crippen LogP contribution in [-0.2, 0) is 4.74 Å². The van der Waals surface area contributed by atoms with Gasteiger partial charge >= 0.3 is 12.1 Å². The average molecular weight is 470 g/mol. The summed E-state index contributed by atoms with van der Waals surface area (Å²) in [4.78, 5) is 26.4. The van der Waals surface area contributed by atoms with Crippen molar-refractivity contribution in [2.75, 3.05) is 6.61 Å². The molecule has 1 saturated heterocycles. The van der Waals surface area contributed by atoms with Gasteiger partial charge in [0.1, 0.15) is 12.4 Å². The number of benzene rings is 3. The van der Waals surface area contributed by atoms with E-state index in [1.807, 2.05) is 35.2 Å². The highest BCUT2D eigenvalue weighted by molar-refractivity contribution is 5.89. The van der Waals surface area contributed by atoms with Gasteiger partial charge in [0.25, 0.3) is 0 Å². The number of nitrogens with zero attached hydrogens (tertiary/aromatic N) is 1. The Hall–Kier alpha value is -3.93. The molecule has 176 valence electrons. The maximum atomic E-state index is 13.8. The van der Waals surface area contributed by atoms with Crippen molar-refractivity contribution in [3.63, 3.8) is 0 Å². The number of carbonyl (C=O) groups is 2. The topological polar surface area (TPSA) is 66.8 Å².